The van der Waals surface area contributed by atoms with Crippen molar-refractivity contribution in [2.75, 3.05) is 5.75 Å². The zero-order chi connectivity index (χ0) is 13.9. The van der Waals surface area contributed by atoms with Crippen LogP contribution in [0, 0.1) is 0 Å². The van der Waals surface area contributed by atoms with Gasteiger partial charge in [-0.1, -0.05) is 18.2 Å². The molecule has 1 aromatic carbocycles. The minimum atomic E-state index is -3.50. The maximum atomic E-state index is 11.7. The van der Waals surface area contributed by atoms with Crippen LogP contribution >= 0.6 is 0 Å². The van der Waals surface area contributed by atoms with Gasteiger partial charge in [0.1, 0.15) is 5.75 Å². The van der Waals surface area contributed by atoms with E-state index in [9.17, 15) is 13.5 Å². The molecule has 0 amide bonds. The van der Waals surface area contributed by atoms with Crippen molar-refractivity contribution >= 4 is 9.84 Å². The summed E-state index contributed by atoms with van der Waals surface area (Å²) in [6.45, 7) is 3.39. The molecule has 0 spiro atoms. The van der Waals surface area contributed by atoms with E-state index in [0.29, 0.717) is 5.56 Å². The van der Waals surface area contributed by atoms with Crippen LogP contribution in [0.2, 0.25) is 0 Å². The van der Waals surface area contributed by atoms with Crippen molar-refractivity contribution < 1.29 is 13.5 Å². The van der Waals surface area contributed by atoms with E-state index in [0.717, 1.165) is 5.56 Å². The number of phenolic OH excluding ortho intramolecular Hbond substituents is 1. The Labute approximate surface area is 111 Å². The van der Waals surface area contributed by atoms with Gasteiger partial charge in [-0.05, 0) is 17.7 Å². The van der Waals surface area contributed by atoms with E-state index in [1.165, 1.54) is 30.6 Å². The standard InChI is InChI=1S/C13H12N2O3S/c1-2-7-19(17,18)13-14-8-11(9-15-13)10-3-5-12(16)6-4-10/h2-6,8-9,16H,1,7H2. The number of hydrogen-bond acceptors (Lipinski definition) is 5. The number of rotatable bonds is 4. The minimum absolute atomic E-state index is 0.162. The lowest BCUT2D eigenvalue weighted by atomic mass is 10.1. The molecule has 0 aliphatic rings. The molecule has 19 heavy (non-hydrogen) atoms. The van der Waals surface area contributed by atoms with Gasteiger partial charge in [-0.2, -0.15) is 0 Å². The fourth-order valence-corrected chi connectivity index (χ4v) is 2.40. The molecule has 0 fully saturated rings. The normalized spacial score (nSPS) is 11.2. The Morgan fingerprint density at radius 3 is 2.21 bits per heavy atom. The number of nitrogens with zero attached hydrogens (tertiary/aromatic N) is 2. The van der Waals surface area contributed by atoms with Crippen molar-refractivity contribution in [2.24, 2.45) is 0 Å². The summed E-state index contributed by atoms with van der Waals surface area (Å²) in [7, 11) is -3.50. The molecular formula is C13H12N2O3S. The highest BCUT2D eigenvalue weighted by molar-refractivity contribution is 7.91. The molecule has 0 saturated heterocycles. The lowest BCUT2D eigenvalue weighted by Crippen LogP contribution is -2.09. The van der Waals surface area contributed by atoms with Crippen LogP contribution in [0.1, 0.15) is 0 Å². The maximum absolute atomic E-state index is 11.7. The third-order valence-electron chi connectivity index (χ3n) is 2.44. The third kappa shape index (κ3) is 2.97. The molecule has 1 aromatic heterocycles. The van der Waals surface area contributed by atoms with Crippen molar-refractivity contribution in [1.29, 1.82) is 0 Å². The molecule has 6 heteroatoms. The monoisotopic (exact) mass is 276 g/mol. The second-order valence-corrected chi connectivity index (χ2v) is 5.80. The molecule has 0 aliphatic carbocycles. The van der Waals surface area contributed by atoms with Gasteiger partial charge in [0.2, 0.25) is 15.0 Å². The van der Waals surface area contributed by atoms with Crippen LogP contribution in [0.4, 0.5) is 0 Å². The Morgan fingerprint density at radius 1 is 1.11 bits per heavy atom. The number of sulfone groups is 1. The first kappa shape index (κ1) is 13.2. The molecule has 98 valence electrons. The molecule has 0 atom stereocenters. The molecule has 5 nitrogen and oxygen atoms in total. The van der Waals surface area contributed by atoms with E-state index in [-0.39, 0.29) is 16.7 Å². The van der Waals surface area contributed by atoms with Crippen molar-refractivity contribution in [1.82, 2.24) is 9.97 Å². The Balaban J connectivity index is 2.33. The van der Waals surface area contributed by atoms with Crippen molar-refractivity contribution in [2.45, 2.75) is 5.16 Å². The lowest BCUT2D eigenvalue weighted by Gasteiger charge is -2.03. The molecular weight excluding hydrogens is 264 g/mol. The third-order valence-corrected chi connectivity index (χ3v) is 3.89. The number of aromatic nitrogens is 2. The van der Waals surface area contributed by atoms with Crippen molar-refractivity contribution in [3.8, 4) is 16.9 Å². The maximum Gasteiger partial charge on any atom is 0.247 e. The molecule has 2 rings (SSSR count). The zero-order valence-electron chi connectivity index (χ0n) is 10.0. The van der Waals surface area contributed by atoms with E-state index in [1.54, 1.807) is 12.1 Å². The topological polar surface area (TPSA) is 80.2 Å². The summed E-state index contributed by atoms with van der Waals surface area (Å²) in [6, 6.07) is 6.48. The highest BCUT2D eigenvalue weighted by atomic mass is 32.2. The van der Waals surface area contributed by atoms with Crippen LogP contribution in [0.25, 0.3) is 11.1 Å². The average molecular weight is 276 g/mol. The van der Waals surface area contributed by atoms with Gasteiger partial charge in [0, 0.05) is 18.0 Å². The van der Waals surface area contributed by atoms with Gasteiger partial charge in [-0.3, -0.25) is 0 Å². The zero-order valence-corrected chi connectivity index (χ0v) is 10.8. The van der Waals surface area contributed by atoms with Crippen molar-refractivity contribution in [3.05, 3.63) is 49.3 Å². The van der Waals surface area contributed by atoms with E-state index >= 15 is 0 Å². The van der Waals surface area contributed by atoms with Gasteiger partial charge in [-0.25, -0.2) is 18.4 Å². The van der Waals surface area contributed by atoms with Crippen LogP contribution in [-0.4, -0.2) is 29.2 Å². The van der Waals surface area contributed by atoms with Crippen LogP contribution < -0.4 is 0 Å². The Bertz CT molecular complexity index is 677. The average Bonchev–Trinajstić information content (AvgIpc) is 2.40. The number of benzene rings is 1. The second-order valence-electron chi connectivity index (χ2n) is 3.87. The van der Waals surface area contributed by atoms with Gasteiger partial charge in [0.05, 0.1) is 5.75 Å². The van der Waals surface area contributed by atoms with Gasteiger partial charge in [0.25, 0.3) is 0 Å². The largest absolute Gasteiger partial charge is 0.508 e. The predicted molar refractivity (Wildman–Crippen MR) is 71.4 cm³/mol. The van der Waals surface area contributed by atoms with Crippen LogP contribution in [0.3, 0.4) is 0 Å². The van der Waals surface area contributed by atoms with Gasteiger partial charge in [0.15, 0.2) is 0 Å². The summed E-state index contributed by atoms with van der Waals surface area (Å²) < 4.78 is 23.4. The minimum Gasteiger partial charge on any atom is -0.508 e. The smallest absolute Gasteiger partial charge is 0.247 e. The fourth-order valence-electron chi connectivity index (χ4n) is 1.51. The van der Waals surface area contributed by atoms with Crippen molar-refractivity contribution in [3.63, 3.8) is 0 Å². The van der Waals surface area contributed by atoms with Gasteiger partial charge >= 0.3 is 0 Å². The molecule has 1 heterocycles. The molecule has 0 saturated carbocycles. The first-order valence-corrected chi connectivity index (χ1v) is 7.13. The summed E-state index contributed by atoms with van der Waals surface area (Å²) >= 11 is 0. The molecule has 0 aliphatic heterocycles. The molecule has 0 bridgehead atoms. The van der Waals surface area contributed by atoms with E-state index in [1.807, 2.05) is 0 Å². The summed E-state index contributed by atoms with van der Waals surface area (Å²) in [5.74, 6) is -0.0270. The summed E-state index contributed by atoms with van der Waals surface area (Å²) in [5, 5.41) is 8.98. The molecule has 1 N–H and O–H groups in total. The van der Waals surface area contributed by atoms with Gasteiger partial charge in [-0.15, -0.1) is 6.58 Å². The first-order chi connectivity index (χ1) is 9.03. The van der Waals surface area contributed by atoms with Gasteiger partial charge < -0.3 is 5.11 Å². The highest BCUT2D eigenvalue weighted by Crippen LogP contribution is 2.20. The summed E-state index contributed by atoms with van der Waals surface area (Å²) in [5.41, 5.74) is 1.48. The molecule has 2 aromatic rings. The van der Waals surface area contributed by atoms with Crippen LogP contribution in [-0.2, 0) is 9.84 Å². The van der Waals surface area contributed by atoms with E-state index < -0.39 is 9.84 Å². The molecule has 0 radical (unpaired) electrons. The van der Waals surface area contributed by atoms with Crippen LogP contribution in [0.15, 0.2) is 54.5 Å². The SMILES string of the molecule is C=CCS(=O)(=O)c1ncc(-c2ccc(O)cc2)cn1. The molecule has 0 unspecified atom stereocenters. The van der Waals surface area contributed by atoms with E-state index in [4.69, 9.17) is 0 Å². The Kier molecular flexibility index (Phi) is 3.62. The first-order valence-electron chi connectivity index (χ1n) is 5.48. The number of aromatic hydroxyl groups is 1. The number of phenols is 1. The highest BCUT2D eigenvalue weighted by Gasteiger charge is 2.15. The lowest BCUT2D eigenvalue weighted by molar-refractivity contribution is 0.475. The van der Waals surface area contributed by atoms with Crippen LogP contribution in [0.5, 0.6) is 5.75 Å². The second kappa shape index (κ2) is 5.19. The summed E-state index contributed by atoms with van der Waals surface area (Å²) in [4.78, 5) is 7.72. The predicted octanol–water partition coefficient (Wildman–Crippen LogP) is 1.81. The quantitative estimate of drug-likeness (QED) is 0.680. The van der Waals surface area contributed by atoms with E-state index in [2.05, 4.69) is 16.5 Å². The Hall–Kier alpha value is -2.21. The Morgan fingerprint density at radius 2 is 1.68 bits per heavy atom. The fraction of sp³-hybridized carbons (Fsp3) is 0.0769. The summed E-state index contributed by atoms with van der Waals surface area (Å²) in [6.07, 6.45) is 4.18. The number of hydrogen-bond donors (Lipinski definition) is 1.